The second kappa shape index (κ2) is 4.99. The zero-order valence-electron chi connectivity index (χ0n) is 8.15. The molecule has 1 aromatic carbocycles. The van der Waals surface area contributed by atoms with Gasteiger partial charge in [-0.2, -0.15) is 0 Å². The number of aryl methyl sites for hydroxylation is 1. The number of nitrogens with two attached hydrogens (primary N) is 1. The van der Waals surface area contributed by atoms with Crippen LogP contribution in [-0.2, 0) is 4.18 Å². The normalized spacial score (nSPS) is 9.93. The molecule has 0 heterocycles. The molecule has 0 fully saturated rings. The maximum atomic E-state index is 7.52. The number of nitrogens with one attached hydrogen (secondary N) is 1. The van der Waals surface area contributed by atoms with Crippen LogP contribution in [0.2, 0.25) is 0 Å². The first kappa shape index (κ1) is 11.0. The first-order valence-corrected chi connectivity index (χ1v) is 4.80. The quantitative estimate of drug-likeness (QED) is 0.258. The Morgan fingerprint density at radius 1 is 1.43 bits per heavy atom. The van der Waals surface area contributed by atoms with E-state index in [1.807, 2.05) is 31.2 Å². The summed E-state index contributed by atoms with van der Waals surface area (Å²) in [6.45, 7) is 2.00. The molecule has 0 aliphatic rings. The monoisotopic (exact) mass is 211 g/mol. The maximum Gasteiger partial charge on any atom is 0.203 e. The fourth-order valence-electron chi connectivity index (χ4n) is 0.942. The largest absolute Gasteiger partial charge is 0.311 e. The maximum absolute atomic E-state index is 7.52. The summed E-state index contributed by atoms with van der Waals surface area (Å²) in [5.41, 5.74) is 1.93. The van der Waals surface area contributed by atoms with Crippen molar-refractivity contribution in [1.29, 1.82) is 5.41 Å². The lowest BCUT2D eigenvalue weighted by atomic mass is 10.2. The molecule has 0 aliphatic carbocycles. The smallest absolute Gasteiger partial charge is 0.203 e. The highest BCUT2D eigenvalue weighted by Gasteiger charge is 2.07. The summed E-state index contributed by atoms with van der Waals surface area (Å²) in [7, 11) is 1.50. The highest BCUT2D eigenvalue weighted by molar-refractivity contribution is 8.09. The zero-order valence-corrected chi connectivity index (χ0v) is 8.97. The molecule has 4 nitrogen and oxygen atoms in total. The third-order valence-electron chi connectivity index (χ3n) is 1.69. The predicted molar refractivity (Wildman–Crippen MR) is 60.2 cm³/mol. The Balaban J connectivity index is 2.73. The van der Waals surface area contributed by atoms with Gasteiger partial charge in [0.25, 0.3) is 0 Å². The minimum Gasteiger partial charge on any atom is -0.311 e. The van der Waals surface area contributed by atoms with E-state index in [0.29, 0.717) is 0 Å². The molecule has 5 heteroatoms. The van der Waals surface area contributed by atoms with E-state index in [4.69, 9.17) is 15.4 Å². The van der Waals surface area contributed by atoms with Gasteiger partial charge in [0.15, 0.2) is 0 Å². The van der Waals surface area contributed by atoms with Crippen molar-refractivity contribution in [3.8, 4) is 0 Å². The van der Waals surface area contributed by atoms with Crippen LogP contribution in [0.1, 0.15) is 5.56 Å². The molecular weight excluding hydrogens is 198 g/mol. The molecule has 1 aromatic rings. The zero-order chi connectivity index (χ0) is 10.6. The van der Waals surface area contributed by atoms with Crippen molar-refractivity contribution >= 4 is 22.9 Å². The van der Waals surface area contributed by atoms with Crippen LogP contribution in [0.4, 0.5) is 5.69 Å². The fourth-order valence-corrected chi connectivity index (χ4v) is 1.29. The molecule has 0 aliphatic heterocycles. The van der Waals surface area contributed by atoms with Gasteiger partial charge < -0.3 is 4.18 Å². The number of anilines is 1. The first-order valence-electron chi connectivity index (χ1n) is 4.06. The Morgan fingerprint density at radius 3 is 2.50 bits per heavy atom. The van der Waals surface area contributed by atoms with Gasteiger partial charge in [-0.3, -0.25) is 10.4 Å². The third-order valence-corrected chi connectivity index (χ3v) is 2.21. The topological polar surface area (TPSA) is 62.3 Å². The van der Waals surface area contributed by atoms with Crippen molar-refractivity contribution in [3.05, 3.63) is 29.8 Å². The molecule has 0 atom stereocenters. The summed E-state index contributed by atoms with van der Waals surface area (Å²) < 4.78 is 4.74. The number of amidine groups is 1. The second-order valence-corrected chi connectivity index (χ2v) is 3.65. The van der Waals surface area contributed by atoms with E-state index in [1.54, 1.807) is 0 Å². The van der Waals surface area contributed by atoms with Gasteiger partial charge >= 0.3 is 0 Å². The van der Waals surface area contributed by atoms with Crippen LogP contribution >= 0.6 is 12.0 Å². The number of benzene rings is 1. The standard InChI is InChI=1S/C9H13N3OS/c1-7-3-5-8(6-4-7)12(11)9(10)14-13-2/h3-6,10H,11H2,1-2H3. The summed E-state index contributed by atoms with van der Waals surface area (Å²) in [6, 6.07) is 7.61. The Hall–Kier alpha value is -1.04. The average molecular weight is 211 g/mol. The molecule has 0 amide bonds. The van der Waals surface area contributed by atoms with E-state index in [0.717, 1.165) is 23.3 Å². The Kier molecular flexibility index (Phi) is 3.94. The summed E-state index contributed by atoms with van der Waals surface area (Å²) >= 11 is 0.923. The van der Waals surface area contributed by atoms with Crippen LogP contribution in [0.5, 0.6) is 0 Å². The number of hydrazine groups is 1. The SMILES string of the molecule is COSC(=N)N(N)c1ccc(C)cc1. The molecule has 3 N–H and O–H groups in total. The van der Waals surface area contributed by atoms with E-state index in [-0.39, 0.29) is 5.17 Å². The second-order valence-electron chi connectivity index (χ2n) is 2.76. The van der Waals surface area contributed by atoms with Crippen LogP contribution in [0.25, 0.3) is 0 Å². The van der Waals surface area contributed by atoms with Gasteiger partial charge in [0.2, 0.25) is 5.17 Å². The predicted octanol–water partition coefficient (Wildman–Crippen LogP) is 1.90. The Morgan fingerprint density at radius 2 is 2.00 bits per heavy atom. The van der Waals surface area contributed by atoms with Crippen molar-refractivity contribution in [3.63, 3.8) is 0 Å². The highest BCUT2D eigenvalue weighted by Crippen LogP contribution is 2.15. The molecule has 0 spiro atoms. The molecule has 0 aromatic heterocycles. The minimum absolute atomic E-state index is 0.149. The number of hydrogen-bond acceptors (Lipinski definition) is 4. The lowest BCUT2D eigenvalue weighted by Gasteiger charge is -2.17. The fraction of sp³-hybridized carbons (Fsp3) is 0.222. The lowest BCUT2D eigenvalue weighted by Crippen LogP contribution is -2.34. The van der Waals surface area contributed by atoms with Crippen molar-refractivity contribution < 1.29 is 4.18 Å². The molecule has 0 unspecified atom stereocenters. The van der Waals surface area contributed by atoms with Gasteiger partial charge in [0.05, 0.1) is 24.8 Å². The lowest BCUT2D eigenvalue weighted by molar-refractivity contribution is 0.495. The average Bonchev–Trinajstić information content (AvgIpc) is 2.18. The van der Waals surface area contributed by atoms with Crippen molar-refractivity contribution in [2.45, 2.75) is 6.92 Å². The van der Waals surface area contributed by atoms with Gasteiger partial charge in [0, 0.05) is 0 Å². The van der Waals surface area contributed by atoms with E-state index in [9.17, 15) is 0 Å². The van der Waals surface area contributed by atoms with Gasteiger partial charge in [0.1, 0.15) is 0 Å². The summed E-state index contributed by atoms with van der Waals surface area (Å²) in [5.74, 6) is 5.68. The van der Waals surface area contributed by atoms with Crippen molar-refractivity contribution in [1.82, 2.24) is 0 Å². The van der Waals surface area contributed by atoms with Crippen molar-refractivity contribution in [2.75, 3.05) is 12.1 Å². The van der Waals surface area contributed by atoms with Gasteiger partial charge in [-0.25, -0.2) is 5.84 Å². The Bertz CT molecular complexity index is 312. The molecule has 0 saturated carbocycles. The number of nitrogens with zero attached hydrogens (tertiary/aromatic N) is 1. The van der Waals surface area contributed by atoms with Crippen LogP contribution in [0.3, 0.4) is 0 Å². The molecule has 0 radical (unpaired) electrons. The number of rotatable bonds is 2. The van der Waals surface area contributed by atoms with E-state index in [1.165, 1.54) is 12.1 Å². The van der Waals surface area contributed by atoms with Crippen LogP contribution in [0, 0.1) is 12.3 Å². The number of hydrogen-bond donors (Lipinski definition) is 2. The molecule has 76 valence electrons. The molecule has 14 heavy (non-hydrogen) atoms. The molecule has 0 bridgehead atoms. The van der Waals surface area contributed by atoms with Gasteiger partial charge in [-0.05, 0) is 19.1 Å². The highest BCUT2D eigenvalue weighted by atomic mass is 32.2. The van der Waals surface area contributed by atoms with E-state index in [2.05, 4.69) is 0 Å². The van der Waals surface area contributed by atoms with Crippen LogP contribution in [0.15, 0.2) is 24.3 Å². The van der Waals surface area contributed by atoms with Gasteiger partial charge in [-0.15, -0.1) is 0 Å². The molecule has 0 saturated heterocycles. The Labute approximate surface area is 87.7 Å². The minimum atomic E-state index is 0.149. The molecule has 1 rings (SSSR count). The summed E-state index contributed by atoms with van der Waals surface area (Å²) in [5, 5.41) is 8.95. The summed E-state index contributed by atoms with van der Waals surface area (Å²) in [4.78, 5) is 0. The van der Waals surface area contributed by atoms with Gasteiger partial charge in [-0.1, -0.05) is 17.7 Å². The van der Waals surface area contributed by atoms with E-state index >= 15 is 0 Å². The first-order chi connectivity index (χ1) is 6.65. The van der Waals surface area contributed by atoms with E-state index < -0.39 is 0 Å². The molecular formula is C9H13N3OS. The third kappa shape index (κ3) is 2.73. The summed E-state index contributed by atoms with van der Waals surface area (Å²) in [6.07, 6.45) is 0. The van der Waals surface area contributed by atoms with Crippen molar-refractivity contribution in [2.24, 2.45) is 5.84 Å². The van der Waals surface area contributed by atoms with Crippen LogP contribution < -0.4 is 10.9 Å². The van der Waals surface area contributed by atoms with Crippen LogP contribution in [-0.4, -0.2) is 12.3 Å².